The third-order valence-corrected chi connectivity index (χ3v) is 1.50. The highest BCUT2D eigenvalue weighted by atomic mass is 79.9. The number of halogens is 1. The van der Waals surface area contributed by atoms with Gasteiger partial charge in [-0.15, -0.1) is 0 Å². The maximum absolute atomic E-state index is 10.6. The topological polar surface area (TPSA) is 26.3 Å². The summed E-state index contributed by atoms with van der Waals surface area (Å²) in [5, 5.41) is 0.280. The molecule has 0 amide bonds. The van der Waals surface area contributed by atoms with E-state index in [2.05, 4.69) is 15.9 Å². The summed E-state index contributed by atoms with van der Waals surface area (Å²) in [5.74, 6) is -0.202. The molecule has 0 atom stereocenters. The highest BCUT2D eigenvalue weighted by Gasteiger charge is 1.95. The van der Waals surface area contributed by atoms with Gasteiger partial charge in [0.1, 0.15) is 5.33 Å². The highest BCUT2D eigenvalue weighted by Crippen LogP contribution is 1.94. The maximum Gasteiger partial charge on any atom is 0.316 e. The number of allylic oxidation sites excluding steroid dienone is 1. The van der Waals surface area contributed by atoms with Crippen molar-refractivity contribution in [3.05, 3.63) is 11.6 Å². The van der Waals surface area contributed by atoms with Gasteiger partial charge in [-0.3, -0.25) is 4.79 Å². The fourth-order valence-electron chi connectivity index (χ4n) is 0.559. The van der Waals surface area contributed by atoms with Gasteiger partial charge in [0.05, 0.1) is 6.61 Å². The Hall–Kier alpha value is -0.310. The molecule has 0 saturated heterocycles. The lowest BCUT2D eigenvalue weighted by Gasteiger charge is -1.98. The summed E-state index contributed by atoms with van der Waals surface area (Å²) in [4.78, 5) is 10.6. The molecule has 11 heavy (non-hydrogen) atoms. The van der Waals surface area contributed by atoms with Crippen molar-refractivity contribution in [3.63, 3.8) is 0 Å². The Morgan fingerprint density at radius 3 is 2.64 bits per heavy atom. The number of rotatable bonds is 4. The number of alkyl halides is 1. The molecule has 0 aliphatic carbocycles. The van der Waals surface area contributed by atoms with Gasteiger partial charge in [-0.1, -0.05) is 27.6 Å². The molecule has 3 heteroatoms. The van der Waals surface area contributed by atoms with Crippen LogP contribution in [0.2, 0.25) is 0 Å². The van der Waals surface area contributed by atoms with E-state index in [9.17, 15) is 4.79 Å². The van der Waals surface area contributed by atoms with Crippen LogP contribution < -0.4 is 0 Å². The monoisotopic (exact) mass is 220 g/mol. The van der Waals surface area contributed by atoms with Gasteiger partial charge in [-0.05, 0) is 20.3 Å². The SMILES string of the molecule is CC(C)=CCCOC(=O)CBr. The molecule has 0 rings (SSSR count). The molecule has 0 radical (unpaired) electrons. The predicted octanol–water partition coefficient (Wildman–Crippen LogP) is 2.28. The molecule has 2 nitrogen and oxygen atoms in total. The van der Waals surface area contributed by atoms with Crippen LogP contribution in [0.3, 0.4) is 0 Å². The molecule has 0 unspecified atom stereocenters. The third-order valence-electron chi connectivity index (χ3n) is 1.04. The lowest BCUT2D eigenvalue weighted by atomic mass is 10.3. The van der Waals surface area contributed by atoms with Crippen LogP contribution in [0.25, 0.3) is 0 Å². The largest absolute Gasteiger partial charge is 0.465 e. The maximum atomic E-state index is 10.6. The van der Waals surface area contributed by atoms with Gasteiger partial charge >= 0.3 is 5.97 Å². The van der Waals surface area contributed by atoms with Crippen LogP contribution in [0, 0.1) is 0 Å². The molecule has 0 N–H and O–H groups in total. The molecule has 0 aromatic carbocycles. The van der Waals surface area contributed by atoms with Gasteiger partial charge in [0.25, 0.3) is 0 Å². The summed E-state index contributed by atoms with van der Waals surface area (Å²) in [6, 6.07) is 0. The van der Waals surface area contributed by atoms with E-state index in [1.54, 1.807) is 0 Å². The van der Waals surface area contributed by atoms with Crippen molar-refractivity contribution in [2.45, 2.75) is 20.3 Å². The van der Waals surface area contributed by atoms with Gasteiger partial charge in [0, 0.05) is 0 Å². The molecule has 0 spiro atoms. The van der Waals surface area contributed by atoms with Gasteiger partial charge in [0.15, 0.2) is 0 Å². The van der Waals surface area contributed by atoms with Crippen molar-refractivity contribution >= 4 is 21.9 Å². The average molecular weight is 221 g/mol. The second kappa shape index (κ2) is 6.40. The number of hydrogen-bond acceptors (Lipinski definition) is 2. The van der Waals surface area contributed by atoms with E-state index in [0.29, 0.717) is 6.61 Å². The minimum atomic E-state index is -0.202. The summed E-state index contributed by atoms with van der Waals surface area (Å²) in [6.45, 7) is 4.52. The molecule has 0 bridgehead atoms. The van der Waals surface area contributed by atoms with Crippen LogP contribution in [0.15, 0.2) is 11.6 Å². The van der Waals surface area contributed by atoms with Crippen LogP contribution >= 0.6 is 15.9 Å². The standard InChI is InChI=1S/C8H13BrO2/c1-7(2)4-3-5-11-8(10)6-9/h4H,3,5-6H2,1-2H3. The lowest BCUT2D eigenvalue weighted by molar-refractivity contribution is -0.140. The van der Waals surface area contributed by atoms with Crippen LogP contribution in [0.1, 0.15) is 20.3 Å². The van der Waals surface area contributed by atoms with Gasteiger partial charge < -0.3 is 4.74 Å². The first-order chi connectivity index (χ1) is 5.16. The van der Waals surface area contributed by atoms with E-state index in [-0.39, 0.29) is 11.3 Å². The molecule has 0 aliphatic rings. The Morgan fingerprint density at radius 1 is 1.55 bits per heavy atom. The van der Waals surface area contributed by atoms with Crippen molar-refractivity contribution in [3.8, 4) is 0 Å². The fraction of sp³-hybridized carbons (Fsp3) is 0.625. The Balaban J connectivity index is 3.28. The summed E-state index contributed by atoms with van der Waals surface area (Å²) >= 11 is 3.01. The minimum absolute atomic E-state index is 0.202. The number of esters is 1. The van der Waals surface area contributed by atoms with E-state index < -0.39 is 0 Å². The van der Waals surface area contributed by atoms with E-state index in [0.717, 1.165) is 6.42 Å². The molecule has 0 aromatic rings. The molecule has 0 saturated carbocycles. The van der Waals surface area contributed by atoms with Crippen molar-refractivity contribution in [1.82, 2.24) is 0 Å². The summed E-state index contributed by atoms with van der Waals surface area (Å²) < 4.78 is 4.81. The van der Waals surface area contributed by atoms with Gasteiger partial charge in [-0.2, -0.15) is 0 Å². The zero-order valence-electron chi connectivity index (χ0n) is 6.89. The van der Waals surface area contributed by atoms with Gasteiger partial charge in [0.2, 0.25) is 0 Å². The number of ether oxygens (including phenoxy) is 1. The zero-order chi connectivity index (χ0) is 8.69. The quantitative estimate of drug-likeness (QED) is 0.315. The summed E-state index contributed by atoms with van der Waals surface area (Å²) in [7, 11) is 0. The third kappa shape index (κ3) is 7.59. The molecule has 64 valence electrons. The van der Waals surface area contributed by atoms with Crippen molar-refractivity contribution in [2.75, 3.05) is 11.9 Å². The number of hydrogen-bond donors (Lipinski definition) is 0. The number of carbonyl (C=O) groups is 1. The first-order valence-corrected chi connectivity index (χ1v) is 4.64. The highest BCUT2D eigenvalue weighted by molar-refractivity contribution is 9.09. The van der Waals surface area contributed by atoms with Crippen LogP contribution in [0.5, 0.6) is 0 Å². The predicted molar refractivity (Wildman–Crippen MR) is 48.8 cm³/mol. The van der Waals surface area contributed by atoms with E-state index in [4.69, 9.17) is 4.74 Å². The van der Waals surface area contributed by atoms with Crippen LogP contribution in [-0.4, -0.2) is 17.9 Å². The Labute approximate surface area is 75.7 Å². The minimum Gasteiger partial charge on any atom is -0.465 e. The van der Waals surface area contributed by atoms with E-state index in [1.807, 2.05) is 19.9 Å². The molecule has 0 heterocycles. The molecule has 0 aromatic heterocycles. The normalized spacial score (nSPS) is 9.00. The van der Waals surface area contributed by atoms with Crippen molar-refractivity contribution < 1.29 is 9.53 Å². The Kier molecular flexibility index (Phi) is 6.22. The fourth-order valence-corrected chi connectivity index (χ4v) is 0.721. The van der Waals surface area contributed by atoms with E-state index >= 15 is 0 Å². The molecule has 0 fully saturated rings. The molecular formula is C8H13BrO2. The van der Waals surface area contributed by atoms with Crippen molar-refractivity contribution in [1.29, 1.82) is 0 Å². The lowest BCUT2D eigenvalue weighted by Crippen LogP contribution is -2.05. The zero-order valence-corrected chi connectivity index (χ0v) is 8.48. The summed E-state index contributed by atoms with van der Waals surface area (Å²) in [5.41, 5.74) is 1.25. The number of carbonyl (C=O) groups excluding carboxylic acids is 1. The summed E-state index contributed by atoms with van der Waals surface area (Å²) in [6.07, 6.45) is 2.85. The second-order valence-corrected chi connectivity index (χ2v) is 2.98. The molecule has 0 aliphatic heterocycles. The smallest absolute Gasteiger partial charge is 0.316 e. The molecular weight excluding hydrogens is 208 g/mol. The first-order valence-electron chi connectivity index (χ1n) is 3.51. The average Bonchev–Trinajstić information content (AvgIpc) is 1.97. The van der Waals surface area contributed by atoms with Crippen LogP contribution in [-0.2, 0) is 9.53 Å². The van der Waals surface area contributed by atoms with Gasteiger partial charge in [-0.25, -0.2) is 0 Å². The second-order valence-electron chi connectivity index (χ2n) is 2.42. The Morgan fingerprint density at radius 2 is 2.18 bits per heavy atom. The van der Waals surface area contributed by atoms with Crippen LogP contribution in [0.4, 0.5) is 0 Å². The van der Waals surface area contributed by atoms with E-state index in [1.165, 1.54) is 5.57 Å². The first kappa shape index (κ1) is 10.7. The van der Waals surface area contributed by atoms with Crippen molar-refractivity contribution in [2.24, 2.45) is 0 Å². The Bertz CT molecular complexity index is 148.